The quantitative estimate of drug-likeness (QED) is 0.828. The first-order valence-electron chi connectivity index (χ1n) is 6.49. The van der Waals surface area contributed by atoms with Gasteiger partial charge in [0.2, 0.25) is 0 Å². The third kappa shape index (κ3) is 2.43. The molecule has 0 bridgehead atoms. The molecule has 1 aliphatic heterocycles. The van der Waals surface area contributed by atoms with E-state index in [2.05, 4.69) is 9.98 Å². The molecule has 1 saturated heterocycles. The van der Waals surface area contributed by atoms with Gasteiger partial charge in [0.15, 0.2) is 15.7 Å². The average molecular weight is 292 g/mol. The normalized spacial score (nSPS) is 21.9. The van der Waals surface area contributed by atoms with Crippen molar-refractivity contribution in [1.82, 2.24) is 4.98 Å². The molecule has 1 fully saturated rings. The van der Waals surface area contributed by atoms with Crippen LogP contribution in [0.4, 0.5) is 0 Å². The Balaban J connectivity index is 1.93. The highest BCUT2D eigenvalue weighted by molar-refractivity contribution is 7.91. The number of rotatable bonds is 2. The summed E-state index contributed by atoms with van der Waals surface area (Å²) in [5, 5.41) is 10.8. The van der Waals surface area contributed by atoms with E-state index >= 15 is 0 Å². The molecule has 2 heterocycles. The van der Waals surface area contributed by atoms with Crippen LogP contribution in [0.5, 0.6) is 5.88 Å². The molecule has 1 aliphatic rings. The molecular formula is C14H16N2O3S. The number of aliphatic imine (C=N–C) groups is 1. The van der Waals surface area contributed by atoms with Crippen LogP contribution in [0.1, 0.15) is 17.5 Å². The maximum atomic E-state index is 11.4. The summed E-state index contributed by atoms with van der Waals surface area (Å²) in [4.78, 5) is 7.22. The molecule has 106 valence electrons. The summed E-state index contributed by atoms with van der Waals surface area (Å²) in [6.45, 7) is 1.98. The molecule has 2 N–H and O–H groups in total. The Hall–Kier alpha value is -1.82. The molecule has 1 aromatic heterocycles. The van der Waals surface area contributed by atoms with Crippen LogP contribution in [-0.2, 0) is 9.84 Å². The van der Waals surface area contributed by atoms with Gasteiger partial charge in [-0.15, -0.1) is 0 Å². The standard InChI is InChI=1S/C14H16N2O3S/c1-9-2-3-11-12(14(17)16-13(11)6-9)7-15-10-4-5-20(18,19)8-10/h2-3,6-7,10,16-17H,4-5,8H2,1H3. The lowest BCUT2D eigenvalue weighted by atomic mass is 10.1. The van der Waals surface area contributed by atoms with Gasteiger partial charge in [-0.2, -0.15) is 0 Å². The van der Waals surface area contributed by atoms with E-state index in [9.17, 15) is 13.5 Å². The van der Waals surface area contributed by atoms with Crippen LogP contribution in [-0.4, -0.2) is 42.3 Å². The van der Waals surface area contributed by atoms with Crippen molar-refractivity contribution in [3.05, 3.63) is 29.3 Å². The van der Waals surface area contributed by atoms with Gasteiger partial charge in [0, 0.05) is 17.1 Å². The van der Waals surface area contributed by atoms with E-state index in [1.807, 2.05) is 25.1 Å². The van der Waals surface area contributed by atoms with Crippen molar-refractivity contribution >= 4 is 27.0 Å². The van der Waals surface area contributed by atoms with E-state index in [4.69, 9.17) is 0 Å². The van der Waals surface area contributed by atoms with Crippen molar-refractivity contribution in [3.63, 3.8) is 0 Å². The second kappa shape index (κ2) is 4.63. The third-order valence-corrected chi connectivity index (χ3v) is 5.35. The van der Waals surface area contributed by atoms with Crippen LogP contribution in [0.3, 0.4) is 0 Å². The number of hydrogen-bond acceptors (Lipinski definition) is 4. The molecule has 3 rings (SSSR count). The molecule has 6 heteroatoms. The van der Waals surface area contributed by atoms with E-state index in [1.54, 1.807) is 6.21 Å². The fourth-order valence-corrected chi connectivity index (χ4v) is 4.16. The van der Waals surface area contributed by atoms with Crippen LogP contribution in [0, 0.1) is 6.92 Å². The summed E-state index contributed by atoms with van der Waals surface area (Å²) in [6.07, 6.45) is 2.13. The predicted octanol–water partition coefficient (Wildman–Crippen LogP) is 1.79. The van der Waals surface area contributed by atoms with Gasteiger partial charge in [-0.3, -0.25) is 4.99 Å². The number of nitrogens with zero attached hydrogens (tertiary/aromatic N) is 1. The minimum absolute atomic E-state index is 0.0650. The van der Waals surface area contributed by atoms with Crippen LogP contribution in [0.25, 0.3) is 10.9 Å². The van der Waals surface area contributed by atoms with Crippen LogP contribution in [0.15, 0.2) is 23.2 Å². The summed E-state index contributed by atoms with van der Waals surface area (Å²) in [7, 11) is -2.93. The van der Waals surface area contributed by atoms with Gasteiger partial charge < -0.3 is 10.1 Å². The molecule has 0 spiro atoms. The molecule has 1 atom stereocenters. The van der Waals surface area contributed by atoms with Crippen molar-refractivity contribution in [2.45, 2.75) is 19.4 Å². The first kappa shape index (κ1) is 13.2. The Morgan fingerprint density at radius 2 is 2.25 bits per heavy atom. The monoisotopic (exact) mass is 292 g/mol. The molecule has 20 heavy (non-hydrogen) atoms. The minimum Gasteiger partial charge on any atom is -0.494 e. The number of H-pyrrole nitrogens is 1. The maximum Gasteiger partial charge on any atom is 0.198 e. The lowest BCUT2D eigenvalue weighted by Crippen LogP contribution is -2.07. The second-order valence-electron chi connectivity index (χ2n) is 5.27. The smallest absolute Gasteiger partial charge is 0.198 e. The molecule has 0 amide bonds. The third-order valence-electron chi connectivity index (χ3n) is 3.60. The van der Waals surface area contributed by atoms with Gasteiger partial charge in [0.1, 0.15) is 0 Å². The lowest BCUT2D eigenvalue weighted by Gasteiger charge is -1.99. The zero-order chi connectivity index (χ0) is 14.3. The Labute approximate surface area is 117 Å². The fourth-order valence-electron chi connectivity index (χ4n) is 2.52. The van der Waals surface area contributed by atoms with E-state index in [1.165, 1.54) is 0 Å². The number of aromatic nitrogens is 1. The highest BCUT2D eigenvalue weighted by Crippen LogP contribution is 2.26. The van der Waals surface area contributed by atoms with Crippen LogP contribution >= 0.6 is 0 Å². The zero-order valence-electron chi connectivity index (χ0n) is 11.1. The highest BCUT2D eigenvalue weighted by atomic mass is 32.2. The Morgan fingerprint density at radius 1 is 1.45 bits per heavy atom. The molecule has 1 unspecified atom stereocenters. The van der Waals surface area contributed by atoms with E-state index in [-0.39, 0.29) is 23.4 Å². The largest absolute Gasteiger partial charge is 0.494 e. The van der Waals surface area contributed by atoms with E-state index in [0.717, 1.165) is 16.5 Å². The van der Waals surface area contributed by atoms with Crippen molar-refractivity contribution in [2.75, 3.05) is 11.5 Å². The molecule has 0 radical (unpaired) electrons. The van der Waals surface area contributed by atoms with Crippen molar-refractivity contribution < 1.29 is 13.5 Å². The van der Waals surface area contributed by atoms with Crippen molar-refractivity contribution in [2.24, 2.45) is 4.99 Å². The topological polar surface area (TPSA) is 82.5 Å². The number of benzene rings is 1. The van der Waals surface area contributed by atoms with Gasteiger partial charge in [-0.25, -0.2) is 8.42 Å². The van der Waals surface area contributed by atoms with Crippen molar-refractivity contribution in [1.29, 1.82) is 0 Å². The first-order valence-corrected chi connectivity index (χ1v) is 8.32. The molecule has 1 aromatic carbocycles. The lowest BCUT2D eigenvalue weighted by molar-refractivity contribution is 0.457. The zero-order valence-corrected chi connectivity index (χ0v) is 11.9. The predicted molar refractivity (Wildman–Crippen MR) is 79.4 cm³/mol. The van der Waals surface area contributed by atoms with Crippen LogP contribution in [0.2, 0.25) is 0 Å². The van der Waals surface area contributed by atoms with Gasteiger partial charge in [-0.1, -0.05) is 12.1 Å². The average Bonchev–Trinajstić information content (AvgIpc) is 2.85. The summed E-state index contributed by atoms with van der Waals surface area (Å²) in [5.74, 6) is 0.370. The Kier molecular flexibility index (Phi) is 3.05. The number of aryl methyl sites for hydroxylation is 1. The minimum atomic E-state index is -2.93. The second-order valence-corrected chi connectivity index (χ2v) is 7.50. The summed E-state index contributed by atoms with van der Waals surface area (Å²) >= 11 is 0. The molecule has 5 nitrogen and oxygen atoms in total. The molecular weight excluding hydrogens is 276 g/mol. The number of aromatic amines is 1. The highest BCUT2D eigenvalue weighted by Gasteiger charge is 2.27. The fraction of sp³-hybridized carbons (Fsp3) is 0.357. The van der Waals surface area contributed by atoms with Gasteiger partial charge >= 0.3 is 0 Å². The number of hydrogen-bond donors (Lipinski definition) is 2. The van der Waals surface area contributed by atoms with Crippen LogP contribution < -0.4 is 0 Å². The molecule has 2 aromatic rings. The van der Waals surface area contributed by atoms with Gasteiger partial charge in [0.25, 0.3) is 0 Å². The van der Waals surface area contributed by atoms with Gasteiger partial charge in [-0.05, 0) is 25.0 Å². The summed E-state index contributed by atoms with van der Waals surface area (Å²) < 4.78 is 22.8. The van der Waals surface area contributed by atoms with E-state index in [0.29, 0.717) is 12.0 Å². The number of nitrogens with one attached hydrogen (secondary N) is 1. The SMILES string of the molecule is Cc1ccc2c(C=NC3CCS(=O)(=O)C3)c(O)[nH]c2c1. The number of fused-ring (bicyclic) bond motifs is 1. The first-order chi connectivity index (χ1) is 9.44. The van der Waals surface area contributed by atoms with Gasteiger partial charge in [0.05, 0.1) is 23.1 Å². The summed E-state index contributed by atoms with van der Waals surface area (Å²) in [6, 6.07) is 5.64. The molecule has 0 saturated carbocycles. The summed E-state index contributed by atoms with van der Waals surface area (Å²) in [5.41, 5.74) is 2.57. The Morgan fingerprint density at radius 3 is 2.95 bits per heavy atom. The number of aromatic hydroxyl groups is 1. The molecule has 0 aliphatic carbocycles. The number of sulfone groups is 1. The van der Waals surface area contributed by atoms with E-state index < -0.39 is 9.84 Å². The van der Waals surface area contributed by atoms with Crippen molar-refractivity contribution in [3.8, 4) is 5.88 Å². The maximum absolute atomic E-state index is 11.4. The Bertz CT molecular complexity index is 790.